The lowest BCUT2D eigenvalue weighted by atomic mass is 9.84. The molecule has 1 aliphatic carbocycles. The lowest BCUT2D eigenvalue weighted by Gasteiger charge is -2.25. The number of halogens is 1. The van der Waals surface area contributed by atoms with E-state index in [0.29, 0.717) is 5.92 Å². The zero-order valence-electron chi connectivity index (χ0n) is 11.1. The minimum Gasteiger partial charge on any atom is -0.393 e. The standard InChI is InChI=1S/C15H27IO/c1-2-3-5-10-14(16)11-12-15(17)13-8-6-4-7-9-13/h11,13,15,17H,2-10,12H2,1H3/b14-11+. The summed E-state index contributed by atoms with van der Waals surface area (Å²) in [4.78, 5) is 0. The minimum absolute atomic E-state index is 0.0914. The van der Waals surface area contributed by atoms with Crippen LogP contribution >= 0.6 is 22.6 Å². The van der Waals surface area contributed by atoms with Crippen LogP contribution in [0, 0.1) is 5.92 Å². The van der Waals surface area contributed by atoms with Gasteiger partial charge in [0.1, 0.15) is 0 Å². The maximum Gasteiger partial charge on any atom is 0.0603 e. The van der Waals surface area contributed by atoms with Gasteiger partial charge in [0.05, 0.1) is 6.10 Å². The van der Waals surface area contributed by atoms with Gasteiger partial charge in [0.25, 0.3) is 0 Å². The first-order valence-corrected chi connectivity index (χ1v) is 8.34. The highest BCUT2D eigenvalue weighted by Crippen LogP contribution is 2.28. The largest absolute Gasteiger partial charge is 0.393 e. The van der Waals surface area contributed by atoms with E-state index >= 15 is 0 Å². The van der Waals surface area contributed by atoms with Crippen LogP contribution in [0.2, 0.25) is 0 Å². The third-order valence-corrected chi connectivity index (χ3v) is 4.77. The molecule has 2 heteroatoms. The second-order valence-corrected chi connectivity index (χ2v) is 6.69. The average Bonchev–Trinajstić information content (AvgIpc) is 2.37. The van der Waals surface area contributed by atoms with Crippen LogP contribution in [-0.4, -0.2) is 11.2 Å². The van der Waals surface area contributed by atoms with Gasteiger partial charge in [0, 0.05) is 0 Å². The SMILES string of the molecule is CCCCC/C(I)=C\CC(O)C1CCCCC1. The Labute approximate surface area is 120 Å². The van der Waals surface area contributed by atoms with E-state index in [0.717, 1.165) is 6.42 Å². The molecule has 1 fully saturated rings. The van der Waals surface area contributed by atoms with Crippen molar-refractivity contribution in [3.05, 3.63) is 9.66 Å². The molecule has 0 aliphatic heterocycles. The van der Waals surface area contributed by atoms with Gasteiger partial charge in [-0.15, -0.1) is 0 Å². The summed E-state index contributed by atoms with van der Waals surface area (Å²) < 4.78 is 1.44. The van der Waals surface area contributed by atoms with E-state index in [4.69, 9.17) is 0 Å². The summed E-state index contributed by atoms with van der Waals surface area (Å²) in [5.74, 6) is 0.569. The number of unbranched alkanes of at least 4 members (excludes halogenated alkanes) is 2. The van der Waals surface area contributed by atoms with Crippen molar-refractivity contribution in [1.29, 1.82) is 0 Å². The maximum absolute atomic E-state index is 10.1. The molecule has 17 heavy (non-hydrogen) atoms. The monoisotopic (exact) mass is 350 g/mol. The first-order chi connectivity index (χ1) is 8.24. The Hall–Kier alpha value is 0.430. The summed E-state index contributed by atoms with van der Waals surface area (Å²) in [6, 6.07) is 0. The van der Waals surface area contributed by atoms with Gasteiger partial charge >= 0.3 is 0 Å². The molecule has 0 amide bonds. The molecule has 0 heterocycles. The van der Waals surface area contributed by atoms with Crippen LogP contribution in [0.1, 0.15) is 71.1 Å². The van der Waals surface area contributed by atoms with Gasteiger partial charge in [0.15, 0.2) is 0 Å². The van der Waals surface area contributed by atoms with Gasteiger partial charge in [0.2, 0.25) is 0 Å². The Balaban J connectivity index is 2.20. The molecule has 100 valence electrons. The molecular formula is C15H27IO. The lowest BCUT2D eigenvalue weighted by molar-refractivity contribution is 0.0873. The number of aliphatic hydroxyl groups excluding tert-OH is 1. The van der Waals surface area contributed by atoms with Crippen molar-refractivity contribution < 1.29 is 5.11 Å². The van der Waals surface area contributed by atoms with Crippen LogP contribution < -0.4 is 0 Å². The fourth-order valence-corrected chi connectivity index (χ4v) is 3.24. The fourth-order valence-electron chi connectivity index (χ4n) is 2.61. The second-order valence-electron chi connectivity index (χ2n) is 5.31. The Bertz CT molecular complexity index is 219. The van der Waals surface area contributed by atoms with Crippen molar-refractivity contribution in [3.8, 4) is 0 Å². The zero-order chi connectivity index (χ0) is 12.5. The molecule has 0 radical (unpaired) electrons. The Morgan fingerprint density at radius 3 is 2.65 bits per heavy atom. The fraction of sp³-hybridized carbons (Fsp3) is 0.867. The van der Waals surface area contributed by atoms with Gasteiger partial charge in [-0.25, -0.2) is 0 Å². The van der Waals surface area contributed by atoms with Crippen LogP contribution in [-0.2, 0) is 0 Å². The van der Waals surface area contributed by atoms with E-state index < -0.39 is 0 Å². The van der Waals surface area contributed by atoms with Crippen LogP contribution in [0.15, 0.2) is 9.66 Å². The predicted octanol–water partition coefficient (Wildman–Crippen LogP) is 5.22. The number of hydrogen-bond acceptors (Lipinski definition) is 1. The maximum atomic E-state index is 10.1. The van der Waals surface area contributed by atoms with Gasteiger partial charge < -0.3 is 5.11 Å². The first kappa shape index (κ1) is 15.5. The summed E-state index contributed by atoms with van der Waals surface area (Å²) in [5, 5.41) is 10.1. The van der Waals surface area contributed by atoms with Crippen LogP contribution in [0.4, 0.5) is 0 Å². The molecule has 0 aromatic heterocycles. The minimum atomic E-state index is -0.0914. The van der Waals surface area contributed by atoms with E-state index in [1.54, 1.807) is 0 Å². The summed E-state index contributed by atoms with van der Waals surface area (Å²) in [5.41, 5.74) is 0. The van der Waals surface area contributed by atoms with Gasteiger partial charge in [-0.2, -0.15) is 0 Å². The summed E-state index contributed by atoms with van der Waals surface area (Å²) in [7, 11) is 0. The Morgan fingerprint density at radius 1 is 1.29 bits per heavy atom. The molecule has 0 saturated heterocycles. The van der Waals surface area contributed by atoms with E-state index in [9.17, 15) is 5.11 Å². The van der Waals surface area contributed by atoms with Crippen LogP contribution in [0.3, 0.4) is 0 Å². The van der Waals surface area contributed by atoms with Crippen molar-refractivity contribution in [2.45, 2.75) is 77.2 Å². The normalized spacial score (nSPS) is 20.5. The van der Waals surface area contributed by atoms with Gasteiger partial charge in [-0.1, -0.05) is 45.1 Å². The summed E-state index contributed by atoms with van der Waals surface area (Å²) in [6.07, 6.45) is 14.6. The van der Waals surface area contributed by atoms with E-state index in [1.165, 1.54) is 61.4 Å². The molecule has 1 aliphatic rings. The molecule has 0 aromatic carbocycles. The third-order valence-electron chi connectivity index (χ3n) is 3.79. The Kier molecular flexibility index (Phi) is 8.54. The van der Waals surface area contributed by atoms with Crippen molar-refractivity contribution in [2.24, 2.45) is 5.92 Å². The van der Waals surface area contributed by atoms with Crippen LogP contribution in [0.25, 0.3) is 0 Å². The van der Waals surface area contributed by atoms with Crippen molar-refractivity contribution in [1.82, 2.24) is 0 Å². The smallest absolute Gasteiger partial charge is 0.0603 e. The van der Waals surface area contributed by atoms with Crippen LogP contribution in [0.5, 0.6) is 0 Å². The van der Waals surface area contributed by atoms with Gasteiger partial charge in [-0.05, 0) is 64.2 Å². The highest BCUT2D eigenvalue weighted by molar-refractivity contribution is 14.1. The predicted molar refractivity (Wildman–Crippen MR) is 83.4 cm³/mol. The molecular weight excluding hydrogens is 323 g/mol. The first-order valence-electron chi connectivity index (χ1n) is 7.26. The summed E-state index contributed by atoms with van der Waals surface area (Å²) in [6.45, 7) is 2.24. The molecule has 0 bridgehead atoms. The number of aliphatic hydroxyl groups is 1. The molecule has 1 atom stereocenters. The molecule has 1 nitrogen and oxygen atoms in total. The number of hydrogen-bond donors (Lipinski definition) is 1. The lowest BCUT2D eigenvalue weighted by Crippen LogP contribution is -2.22. The second kappa shape index (κ2) is 9.37. The molecule has 1 unspecified atom stereocenters. The molecule has 1 N–H and O–H groups in total. The molecule has 1 rings (SSSR count). The van der Waals surface area contributed by atoms with E-state index in [2.05, 4.69) is 35.6 Å². The highest BCUT2D eigenvalue weighted by atomic mass is 127. The highest BCUT2D eigenvalue weighted by Gasteiger charge is 2.20. The molecule has 0 spiro atoms. The van der Waals surface area contributed by atoms with Crippen molar-refractivity contribution in [3.63, 3.8) is 0 Å². The Morgan fingerprint density at radius 2 is 2.00 bits per heavy atom. The average molecular weight is 350 g/mol. The van der Waals surface area contributed by atoms with Gasteiger partial charge in [-0.3, -0.25) is 0 Å². The topological polar surface area (TPSA) is 20.2 Å². The number of allylic oxidation sites excluding steroid dienone is 1. The third kappa shape index (κ3) is 6.80. The molecule has 1 saturated carbocycles. The van der Waals surface area contributed by atoms with Crippen molar-refractivity contribution in [2.75, 3.05) is 0 Å². The van der Waals surface area contributed by atoms with Crippen molar-refractivity contribution >= 4 is 22.6 Å². The van der Waals surface area contributed by atoms with E-state index in [-0.39, 0.29) is 6.10 Å². The molecule has 0 aromatic rings. The summed E-state index contributed by atoms with van der Waals surface area (Å²) >= 11 is 2.44. The number of rotatable bonds is 7. The zero-order valence-corrected chi connectivity index (χ0v) is 13.3. The van der Waals surface area contributed by atoms with E-state index in [1.807, 2.05) is 0 Å². The quantitative estimate of drug-likeness (QED) is 0.493.